The van der Waals surface area contributed by atoms with Crippen molar-refractivity contribution in [3.05, 3.63) is 17.5 Å². The minimum absolute atomic E-state index is 0.406. The molecule has 1 aliphatic rings. The third-order valence-corrected chi connectivity index (χ3v) is 1.99. The van der Waals surface area contributed by atoms with Gasteiger partial charge in [-0.15, -0.1) is 5.01 Å². The monoisotopic (exact) mass is 225 g/mol. The van der Waals surface area contributed by atoms with Crippen LogP contribution in [-0.2, 0) is 0 Å². The average Bonchev–Trinajstić information content (AvgIpc) is 2.67. The summed E-state index contributed by atoms with van der Waals surface area (Å²) in [5.74, 6) is 1.31. The molecule has 1 aliphatic heterocycles. The molecule has 2 heterocycles. The Balaban J connectivity index is 2.15. The molecule has 6 nitrogen and oxygen atoms in total. The number of guanidine groups is 1. The first-order valence-electron chi connectivity index (χ1n) is 4.50. The molecule has 0 saturated heterocycles. The van der Waals surface area contributed by atoms with Crippen molar-refractivity contribution in [2.75, 3.05) is 6.54 Å². The standard InChI is InChI=1S/C8H9ClN6/c1-2-10-8-13-5-15(14-8)7-3-6(9)11-4-12-7/h3-5H,2H2,1H3,(H,10,14)/p+1. The van der Waals surface area contributed by atoms with Crippen LogP contribution in [0.3, 0.4) is 0 Å². The highest BCUT2D eigenvalue weighted by atomic mass is 35.5. The fourth-order valence-corrected chi connectivity index (χ4v) is 1.30. The van der Waals surface area contributed by atoms with Gasteiger partial charge in [-0.2, -0.15) is 15.4 Å². The summed E-state index contributed by atoms with van der Waals surface area (Å²) < 4.78 is 0. The van der Waals surface area contributed by atoms with Gasteiger partial charge in [-0.05, 0) is 6.92 Å². The number of aromatic nitrogens is 2. The van der Waals surface area contributed by atoms with Crippen LogP contribution in [0.25, 0.3) is 0 Å². The maximum Gasteiger partial charge on any atom is 0.270 e. The maximum absolute atomic E-state index is 5.75. The van der Waals surface area contributed by atoms with Crippen molar-refractivity contribution < 1.29 is 5.01 Å². The average molecular weight is 226 g/mol. The van der Waals surface area contributed by atoms with Gasteiger partial charge in [-0.1, -0.05) is 11.6 Å². The minimum Gasteiger partial charge on any atom is -0.248 e. The van der Waals surface area contributed by atoms with Gasteiger partial charge >= 0.3 is 0 Å². The molecule has 1 aromatic rings. The second kappa shape index (κ2) is 4.33. The predicted molar refractivity (Wildman–Crippen MR) is 57.3 cm³/mol. The first kappa shape index (κ1) is 10.0. The fraction of sp³-hybridized carbons (Fsp3) is 0.250. The van der Waals surface area contributed by atoms with Gasteiger partial charge in [0.15, 0.2) is 0 Å². The van der Waals surface area contributed by atoms with E-state index in [1.54, 1.807) is 12.4 Å². The normalized spacial score (nSPS) is 22.0. The van der Waals surface area contributed by atoms with Crippen LogP contribution in [0.4, 0.5) is 5.82 Å². The van der Waals surface area contributed by atoms with Crippen LogP contribution >= 0.6 is 11.6 Å². The van der Waals surface area contributed by atoms with Crippen molar-refractivity contribution in [2.45, 2.75) is 6.92 Å². The molecular formula is C8H10ClN6+. The van der Waals surface area contributed by atoms with E-state index < -0.39 is 0 Å². The van der Waals surface area contributed by atoms with Gasteiger partial charge in [-0.25, -0.2) is 9.98 Å². The molecule has 0 aliphatic carbocycles. The molecule has 7 heteroatoms. The van der Waals surface area contributed by atoms with Gasteiger partial charge in [0.1, 0.15) is 11.5 Å². The molecule has 0 bridgehead atoms. The van der Waals surface area contributed by atoms with Crippen molar-refractivity contribution in [1.82, 2.24) is 15.4 Å². The summed E-state index contributed by atoms with van der Waals surface area (Å²) in [7, 11) is 0. The highest BCUT2D eigenvalue weighted by Crippen LogP contribution is 2.04. The summed E-state index contributed by atoms with van der Waals surface area (Å²) in [6, 6.07) is 1.67. The summed E-state index contributed by atoms with van der Waals surface area (Å²) in [5.41, 5.74) is 3.03. The summed E-state index contributed by atoms with van der Waals surface area (Å²) in [5, 5.41) is 1.19. The zero-order valence-corrected chi connectivity index (χ0v) is 8.86. The number of aliphatic imine (C=N–C) groups is 2. The largest absolute Gasteiger partial charge is 0.270 e. The van der Waals surface area contributed by atoms with Gasteiger partial charge in [0.2, 0.25) is 6.34 Å². The molecule has 1 atom stereocenters. The van der Waals surface area contributed by atoms with Crippen molar-refractivity contribution in [3.63, 3.8) is 0 Å². The zero-order chi connectivity index (χ0) is 10.7. The molecule has 0 saturated carbocycles. The van der Waals surface area contributed by atoms with Gasteiger partial charge in [0.25, 0.3) is 11.8 Å². The summed E-state index contributed by atoms with van der Waals surface area (Å²) >= 11 is 5.75. The van der Waals surface area contributed by atoms with Gasteiger partial charge in [0.05, 0.1) is 6.07 Å². The second-order valence-electron chi connectivity index (χ2n) is 2.82. The highest BCUT2D eigenvalue weighted by molar-refractivity contribution is 6.29. The van der Waals surface area contributed by atoms with E-state index in [-0.39, 0.29) is 0 Å². The first-order valence-corrected chi connectivity index (χ1v) is 4.88. The Morgan fingerprint density at radius 1 is 1.53 bits per heavy atom. The molecule has 0 fully saturated rings. The number of quaternary nitrogens is 1. The Bertz CT molecular complexity index is 415. The van der Waals surface area contributed by atoms with Crippen LogP contribution in [0.2, 0.25) is 5.15 Å². The fourth-order valence-electron chi connectivity index (χ4n) is 1.15. The third-order valence-electron chi connectivity index (χ3n) is 1.78. The van der Waals surface area contributed by atoms with Gasteiger partial charge < -0.3 is 0 Å². The van der Waals surface area contributed by atoms with Gasteiger partial charge in [-0.3, -0.25) is 0 Å². The summed E-state index contributed by atoms with van der Waals surface area (Å²) in [6.07, 6.45) is 3.09. The number of halogens is 1. The minimum atomic E-state index is 0.406. The lowest BCUT2D eigenvalue weighted by Gasteiger charge is -2.05. The quantitative estimate of drug-likeness (QED) is 0.672. The molecule has 1 aromatic heterocycles. The van der Waals surface area contributed by atoms with E-state index in [4.69, 9.17) is 11.6 Å². The van der Waals surface area contributed by atoms with E-state index in [0.29, 0.717) is 23.5 Å². The van der Waals surface area contributed by atoms with Crippen molar-refractivity contribution in [3.8, 4) is 0 Å². The molecule has 1 unspecified atom stereocenters. The first-order chi connectivity index (χ1) is 7.29. The van der Waals surface area contributed by atoms with E-state index >= 15 is 0 Å². The predicted octanol–water partition coefficient (Wildman–Crippen LogP) is -0.431. The van der Waals surface area contributed by atoms with Crippen LogP contribution in [0.5, 0.6) is 0 Å². The lowest BCUT2D eigenvalue weighted by molar-refractivity contribution is -0.763. The zero-order valence-electron chi connectivity index (χ0n) is 8.11. The van der Waals surface area contributed by atoms with E-state index in [2.05, 4.69) is 25.4 Å². The molecule has 78 valence electrons. The molecule has 2 rings (SSSR count). The SMILES string of the molecule is CCN=C1N=C[NH+](c2cc(Cl)ncn2)N1. The van der Waals surface area contributed by atoms with Crippen LogP contribution in [-0.4, -0.2) is 28.8 Å². The topological polar surface area (TPSA) is 67.0 Å². The lowest BCUT2D eigenvalue weighted by atomic mass is 10.6. The highest BCUT2D eigenvalue weighted by Gasteiger charge is 2.20. The molecule has 0 amide bonds. The Labute approximate surface area is 91.7 Å². The van der Waals surface area contributed by atoms with Crippen LogP contribution < -0.4 is 10.4 Å². The van der Waals surface area contributed by atoms with Crippen molar-refractivity contribution in [2.24, 2.45) is 9.98 Å². The molecule has 0 aromatic carbocycles. The van der Waals surface area contributed by atoms with E-state index in [0.717, 1.165) is 5.01 Å². The number of hydrogen-bond acceptors (Lipinski definition) is 3. The number of nitrogens with zero attached hydrogens (tertiary/aromatic N) is 4. The maximum atomic E-state index is 5.75. The molecular weight excluding hydrogens is 216 g/mol. The number of hydrogen-bond donors (Lipinski definition) is 2. The molecule has 0 radical (unpaired) electrons. The Hall–Kier alpha value is -1.53. The molecule has 0 spiro atoms. The number of nitrogens with one attached hydrogen (secondary N) is 2. The van der Waals surface area contributed by atoms with Crippen molar-refractivity contribution >= 4 is 29.7 Å². The Morgan fingerprint density at radius 3 is 3.13 bits per heavy atom. The summed E-state index contributed by atoms with van der Waals surface area (Å²) in [4.78, 5) is 16.1. The summed E-state index contributed by atoms with van der Waals surface area (Å²) in [6.45, 7) is 2.64. The van der Waals surface area contributed by atoms with E-state index in [9.17, 15) is 0 Å². The van der Waals surface area contributed by atoms with Crippen LogP contribution in [0, 0.1) is 0 Å². The third kappa shape index (κ3) is 2.28. The molecule has 2 N–H and O–H groups in total. The van der Waals surface area contributed by atoms with Crippen LogP contribution in [0.15, 0.2) is 22.4 Å². The Kier molecular flexibility index (Phi) is 2.89. The van der Waals surface area contributed by atoms with Crippen molar-refractivity contribution in [1.29, 1.82) is 0 Å². The van der Waals surface area contributed by atoms with E-state index in [1.807, 2.05) is 6.92 Å². The lowest BCUT2D eigenvalue weighted by Crippen LogP contribution is -3.12. The number of rotatable bonds is 2. The van der Waals surface area contributed by atoms with Crippen LogP contribution in [0.1, 0.15) is 6.92 Å². The van der Waals surface area contributed by atoms with E-state index in [1.165, 1.54) is 6.33 Å². The smallest absolute Gasteiger partial charge is 0.248 e. The second-order valence-corrected chi connectivity index (χ2v) is 3.21. The Morgan fingerprint density at radius 2 is 2.40 bits per heavy atom. The van der Waals surface area contributed by atoms with Gasteiger partial charge in [0, 0.05) is 6.54 Å². The molecule has 15 heavy (non-hydrogen) atoms.